The largest absolute Gasteiger partial charge is 0.497 e. The number of rotatable bonds is 5. The normalized spacial score (nSPS) is 11.1. The van der Waals surface area contributed by atoms with Crippen molar-refractivity contribution in [1.29, 1.82) is 0 Å². The predicted molar refractivity (Wildman–Crippen MR) is 107 cm³/mol. The zero-order valence-electron chi connectivity index (χ0n) is 15.7. The number of aryl methyl sites for hydroxylation is 2. The average molecular weight is 394 g/mol. The van der Waals surface area contributed by atoms with Crippen LogP contribution in [0.4, 0.5) is 0 Å². The van der Waals surface area contributed by atoms with E-state index in [4.69, 9.17) is 9.15 Å². The molecule has 0 aliphatic rings. The van der Waals surface area contributed by atoms with Gasteiger partial charge < -0.3 is 9.15 Å². The van der Waals surface area contributed by atoms with Crippen molar-refractivity contribution in [3.8, 4) is 11.4 Å². The summed E-state index contributed by atoms with van der Waals surface area (Å²) in [4.78, 5) is 12.0. The standard InChI is InChI=1S/C20H18N4O3S/c1-12-4-7-17(13(2)8-12)24-20(21-22-23-24)28-11-14-9-19(25)27-18-10-15(26-3)5-6-16(14)18/h4-10H,11H2,1-3H3. The van der Waals surface area contributed by atoms with Gasteiger partial charge in [-0.25, -0.2) is 4.79 Å². The molecule has 4 rings (SSSR count). The lowest BCUT2D eigenvalue weighted by Gasteiger charge is -2.09. The molecule has 0 atom stereocenters. The third-order valence-corrected chi connectivity index (χ3v) is 5.38. The van der Waals surface area contributed by atoms with Crippen LogP contribution in [-0.4, -0.2) is 27.3 Å². The van der Waals surface area contributed by atoms with Crippen LogP contribution in [0.2, 0.25) is 0 Å². The molecule has 2 heterocycles. The van der Waals surface area contributed by atoms with Gasteiger partial charge in [0.1, 0.15) is 11.3 Å². The van der Waals surface area contributed by atoms with Gasteiger partial charge in [0.25, 0.3) is 0 Å². The van der Waals surface area contributed by atoms with Gasteiger partial charge in [-0.15, -0.1) is 5.10 Å². The summed E-state index contributed by atoms with van der Waals surface area (Å²) < 4.78 is 12.2. The lowest BCUT2D eigenvalue weighted by Crippen LogP contribution is -2.03. The summed E-state index contributed by atoms with van der Waals surface area (Å²) >= 11 is 1.46. The molecule has 0 saturated heterocycles. The number of fused-ring (bicyclic) bond motifs is 1. The van der Waals surface area contributed by atoms with E-state index in [0.29, 0.717) is 22.2 Å². The van der Waals surface area contributed by atoms with Crippen molar-refractivity contribution in [2.24, 2.45) is 0 Å². The van der Waals surface area contributed by atoms with Crippen molar-refractivity contribution in [2.75, 3.05) is 7.11 Å². The van der Waals surface area contributed by atoms with Gasteiger partial charge in [-0.3, -0.25) is 0 Å². The highest BCUT2D eigenvalue weighted by molar-refractivity contribution is 7.98. The predicted octanol–water partition coefficient (Wildman–Crippen LogP) is 3.69. The number of aromatic nitrogens is 4. The fourth-order valence-corrected chi connectivity index (χ4v) is 3.94. The lowest BCUT2D eigenvalue weighted by molar-refractivity contribution is 0.414. The first-order chi connectivity index (χ1) is 13.5. The van der Waals surface area contributed by atoms with Gasteiger partial charge in [0, 0.05) is 23.3 Å². The summed E-state index contributed by atoms with van der Waals surface area (Å²) in [5.74, 6) is 1.17. The number of tetrazole rings is 1. The first-order valence-electron chi connectivity index (χ1n) is 8.65. The summed E-state index contributed by atoms with van der Waals surface area (Å²) in [6.45, 7) is 4.08. The van der Waals surface area contributed by atoms with Gasteiger partial charge in [0.05, 0.1) is 12.8 Å². The zero-order chi connectivity index (χ0) is 19.7. The molecule has 4 aromatic rings. The van der Waals surface area contributed by atoms with Crippen LogP contribution in [0.15, 0.2) is 56.8 Å². The molecule has 0 aliphatic heterocycles. The van der Waals surface area contributed by atoms with Crippen molar-refractivity contribution < 1.29 is 9.15 Å². The smallest absolute Gasteiger partial charge is 0.336 e. The van der Waals surface area contributed by atoms with Crippen LogP contribution in [0, 0.1) is 13.8 Å². The van der Waals surface area contributed by atoms with E-state index in [1.807, 2.05) is 38.1 Å². The van der Waals surface area contributed by atoms with Crippen LogP contribution >= 0.6 is 11.8 Å². The molecule has 2 aromatic heterocycles. The fourth-order valence-electron chi connectivity index (χ4n) is 3.06. The molecule has 0 saturated carbocycles. The average Bonchev–Trinajstić information content (AvgIpc) is 3.13. The Morgan fingerprint density at radius 1 is 1.14 bits per heavy atom. The summed E-state index contributed by atoms with van der Waals surface area (Å²) in [6, 6.07) is 13.1. The molecule has 7 nitrogen and oxygen atoms in total. The van der Waals surface area contributed by atoms with Crippen LogP contribution in [0.5, 0.6) is 5.75 Å². The van der Waals surface area contributed by atoms with E-state index >= 15 is 0 Å². The molecule has 2 aromatic carbocycles. The van der Waals surface area contributed by atoms with Crippen molar-refractivity contribution in [2.45, 2.75) is 24.8 Å². The van der Waals surface area contributed by atoms with E-state index in [1.165, 1.54) is 23.4 Å². The van der Waals surface area contributed by atoms with Gasteiger partial charge in [-0.1, -0.05) is 29.5 Å². The Labute approximate surface area is 165 Å². The van der Waals surface area contributed by atoms with Gasteiger partial charge in [-0.2, -0.15) is 4.68 Å². The first-order valence-corrected chi connectivity index (χ1v) is 9.63. The Hall–Kier alpha value is -3.13. The third-order valence-electron chi connectivity index (χ3n) is 4.42. The van der Waals surface area contributed by atoms with Gasteiger partial charge in [0.15, 0.2) is 0 Å². The Morgan fingerprint density at radius 3 is 2.79 bits per heavy atom. The quantitative estimate of drug-likeness (QED) is 0.377. The molecular weight excluding hydrogens is 376 g/mol. The van der Waals surface area contributed by atoms with Gasteiger partial charge in [0.2, 0.25) is 5.16 Å². The highest BCUT2D eigenvalue weighted by Crippen LogP contribution is 2.28. The van der Waals surface area contributed by atoms with Crippen molar-refractivity contribution in [3.05, 3.63) is 69.6 Å². The van der Waals surface area contributed by atoms with E-state index < -0.39 is 5.63 Å². The zero-order valence-corrected chi connectivity index (χ0v) is 16.5. The van der Waals surface area contributed by atoms with Crippen LogP contribution in [-0.2, 0) is 5.75 Å². The number of benzene rings is 2. The number of methoxy groups -OCH3 is 1. The molecule has 8 heteroatoms. The maximum Gasteiger partial charge on any atom is 0.336 e. The Balaban J connectivity index is 1.66. The molecule has 0 aliphatic carbocycles. The second-order valence-corrected chi connectivity index (χ2v) is 7.35. The number of nitrogens with zero attached hydrogens (tertiary/aromatic N) is 4. The maximum absolute atomic E-state index is 12.0. The summed E-state index contributed by atoms with van der Waals surface area (Å²) in [5, 5.41) is 13.6. The van der Waals surface area contributed by atoms with E-state index in [0.717, 1.165) is 22.2 Å². The van der Waals surface area contributed by atoms with E-state index in [-0.39, 0.29) is 0 Å². The molecule has 142 valence electrons. The Kier molecular flexibility index (Phi) is 4.87. The van der Waals surface area contributed by atoms with Crippen LogP contribution in [0.1, 0.15) is 16.7 Å². The Morgan fingerprint density at radius 2 is 2.00 bits per heavy atom. The molecular formula is C20H18N4O3S. The van der Waals surface area contributed by atoms with Crippen LogP contribution in [0.3, 0.4) is 0 Å². The summed E-state index contributed by atoms with van der Waals surface area (Å²) in [6.07, 6.45) is 0. The molecule has 28 heavy (non-hydrogen) atoms. The van der Waals surface area contributed by atoms with Gasteiger partial charge in [-0.05, 0) is 53.6 Å². The Bertz CT molecular complexity index is 1220. The van der Waals surface area contributed by atoms with Crippen molar-refractivity contribution in [3.63, 3.8) is 0 Å². The summed E-state index contributed by atoms with van der Waals surface area (Å²) in [7, 11) is 1.58. The molecule has 0 bridgehead atoms. The topological polar surface area (TPSA) is 83.0 Å². The fraction of sp³-hybridized carbons (Fsp3) is 0.200. The van der Waals surface area contributed by atoms with E-state index in [1.54, 1.807) is 17.9 Å². The minimum atomic E-state index is -0.398. The van der Waals surface area contributed by atoms with Gasteiger partial charge >= 0.3 is 5.63 Å². The number of hydrogen-bond donors (Lipinski definition) is 0. The lowest BCUT2D eigenvalue weighted by atomic mass is 10.1. The SMILES string of the molecule is COc1ccc2c(CSc3nnnn3-c3ccc(C)cc3C)cc(=O)oc2c1. The highest BCUT2D eigenvalue weighted by atomic mass is 32.2. The molecule has 0 unspecified atom stereocenters. The second kappa shape index (κ2) is 7.47. The third kappa shape index (κ3) is 3.50. The molecule has 0 spiro atoms. The van der Waals surface area contributed by atoms with Crippen molar-refractivity contribution in [1.82, 2.24) is 20.2 Å². The maximum atomic E-state index is 12.0. The number of hydrogen-bond acceptors (Lipinski definition) is 7. The first kappa shape index (κ1) is 18.2. The number of thioether (sulfide) groups is 1. The molecule has 0 N–H and O–H groups in total. The molecule has 0 radical (unpaired) electrons. The van der Waals surface area contributed by atoms with E-state index in [2.05, 4.69) is 21.6 Å². The minimum Gasteiger partial charge on any atom is -0.497 e. The molecule has 0 fully saturated rings. The monoisotopic (exact) mass is 394 g/mol. The van der Waals surface area contributed by atoms with Crippen molar-refractivity contribution >= 4 is 22.7 Å². The van der Waals surface area contributed by atoms with E-state index in [9.17, 15) is 4.79 Å². The minimum absolute atomic E-state index is 0.398. The van der Waals surface area contributed by atoms with Crippen LogP contribution < -0.4 is 10.4 Å². The summed E-state index contributed by atoms with van der Waals surface area (Å²) in [5.41, 5.74) is 4.16. The van der Waals surface area contributed by atoms with Crippen LogP contribution in [0.25, 0.3) is 16.7 Å². The molecule has 0 amide bonds. The number of ether oxygens (including phenoxy) is 1. The second-order valence-electron chi connectivity index (χ2n) is 6.40. The highest BCUT2D eigenvalue weighted by Gasteiger charge is 2.13.